The summed E-state index contributed by atoms with van der Waals surface area (Å²) in [6, 6.07) is 9.24. The van der Waals surface area contributed by atoms with Crippen LogP contribution in [0.25, 0.3) is 5.69 Å². The minimum Gasteiger partial charge on any atom is -0.271 e. The van der Waals surface area contributed by atoms with Crippen molar-refractivity contribution in [1.29, 1.82) is 5.26 Å². The number of aryl methyl sites for hydroxylation is 1. The van der Waals surface area contributed by atoms with Crippen molar-refractivity contribution in [3.8, 4) is 11.8 Å². The summed E-state index contributed by atoms with van der Waals surface area (Å²) in [6.45, 7) is 0. The van der Waals surface area contributed by atoms with Crippen LogP contribution in [-0.2, 0) is 6.42 Å². The van der Waals surface area contributed by atoms with Crippen molar-refractivity contribution in [3.05, 3.63) is 76.0 Å². The van der Waals surface area contributed by atoms with Crippen LogP contribution in [0.2, 0.25) is 0 Å². The van der Waals surface area contributed by atoms with Crippen molar-refractivity contribution in [2.75, 3.05) is 0 Å². The summed E-state index contributed by atoms with van der Waals surface area (Å²) >= 11 is 0. The number of halogens is 1. The largest absolute Gasteiger partial charge is 0.351 e. The van der Waals surface area contributed by atoms with E-state index in [9.17, 15) is 9.18 Å². The Labute approximate surface area is 136 Å². The predicted molar refractivity (Wildman–Crippen MR) is 83.2 cm³/mol. The van der Waals surface area contributed by atoms with Gasteiger partial charge in [0.25, 0.3) is 0 Å². The lowest BCUT2D eigenvalue weighted by Crippen LogP contribution is -2.26. The number of aromatic nitrogens is 4. The zero-order valence-corrected chi connectivity index (χ0v) is 12.6. The van der Waals surface area contributed by atoms with E-state index < -0.39 is 0 Å². The molecule has 0 spiro atoms. The molecule has 3 heterocycles. The Hall–Kier alpha value is -3.27. The molecule has 0 saturated carbocycles. The first kappa shape index (κ1) is 14.3. The topological polar surface area (TPSA) is 76.5 Å². The Balaban J connectivity index is 1.80. The molecule has 1 atom stereocenters. The number of benzene rings is 1. The number of fused-ring (bicyclic) bond motifs is 1. The van der Waals surface area contributed by atoms with Crippen LogP contribution < -0.4 is 5.69 Å². The van der Waals surface area contributed by atoms with Crippen LogP contribution >= 0.6 is 0 Å². The van der Waals surface area contributed by atoms with Gasteiger partial charge in [0, 0.05) is 18.8 Å². The lowest BCUT2D eigenvalue weighted by atomic mass is 10.1. The number of hydrogen-bond donors (Lipinski definition) is 0. The highest BCUT2D eigenvalue weighted by Crippen LogP contribution is 2.29. The van der Waals surface area contributed by atoms with Crippen LogP contribution in [-0.4, -0.2) is 19.3 Å². The van der Waals surface area contributed by atoms with E-state index in [2.05, 4.69) is 16.2 Å². The second kappa shape index (κ2) is 5.42. The zero-order chi connectivity index (χ0) is 16.7. The van der Waals surface area contributed by atoms with Crippen molar-refractivity contribution in [1.82, 2.24) is 19.3 Å². The molecule has 1 aliphatic heterocycles. The molecule has 0 radical (unpaired) electrons. The van der Waals surface area contributed by atoms with E-state index in [4.69, 9.17) is 5.26 Å². The number of hydrogen-bond acceptors (Lipinski definition) is 4. The van der Waals surface area contributed by atoms with Gasteiger partial charge in [0.15, 0.2) is 0 Å². The summed E-state index contributed by atoms with van der Waals surface area (Å²) in [5.74, 6) is 0.313. The number of nitriles is 1. The normalized spacial score (nSPS) is 15.9. The quantitative estimate of drug-likeness (QED) is 0.723. The molecule has 0 bridgehead atoms. The molecule has 6 nitrogen and oxygen atoms in total. The maximum Gasteiger partial charge on any atom is 0.351 e. The molecule has 0 aliphatic carbocycles. The van der Waals surface area contributed by atoms with Gasteiger partial charge < -0.3 is 0 Å². The fraction of sp³-hybridized carbons (Fsp3) is 0.176. The monoisotopic (exact) mass is 321 g/mol. The van der Waals surface area contributed by atoms with Gasteiger partial charge >= 0.3 is 5.69 Å². The molecule has 24 heavy (non-hydrogen) atoms. The highest BCUT2D eigenvalue weighted by Gasteiger charge is 2.29. The molecule has 7 heteroatoms. The SMILES string of the molecule is N#Cc1cncc([C@@H]2CCc3nn(-c4ccc(F)cc4)c(=O)n32)c1. The van der Waals surface area contributed by atoms with E-state index in [0.29, 0.717) is 23.5 Å². The maximum absolute atomic E-state index is 13.1. The lowest BCUT2D eigenvalue weighted by Gasteiger charge is -2.11. The molecule has 3 aromatic rings. The summed E-state index contributed by atoms with van der Waals surface area (Å²) in [5, 5.41) is 13.4. The summed E-state index contributed by atoms with van der Waals surface area (Å²) in [7, 11) is 0. The second-order valence-electron chi connectivity index (χ2n) is 5.63. The molecule has 4 rings (SSSR count). The zero-order valence-electron chi connectivity index (χ0n) is 12.6. The predicted octanol–water partition coefficient (Wildman–Crippen LogP) is 1.98. The third-order valence-corrected chi connectivity index (χ3v) is 4.18. The molecule has 118 valence electrons. The molecule has 0 fully saturated rings. The molecular formula is C17H12FN5O. The molecular weight excluding hydrogens is 309 g/mol. The highest BCUT2D eigenvalue weighted by molar-refractivity contribution is 5.33. The minimum absolute atomic E-state index is 0.192. The van der Waals surface area contributed by atoms with Gasteiger partial charge in [-0.15, -0.1) is 5.10 Å². The average Bonchev–Trinajstić information content (AvgIpc) is 3.16. The van der Waals surface area contributed by atoms with Crippen LogP contribution in [0.15, 0.2) is 47.5 Å². The van der Waals surface area contributed by atoms with Crippen molar-refractivity contribution in [3.63, 3.8) is 0 Å². The maximum atomic E-state index is 13.1. The highest BCUT2D eigenvalue weighted by atomic mass is 19.1. The van der Waals surface area contributed by atoms with Crippen LogP contribution in [0.3, 0.4) is 0 Å². The number of rotatable bonds is 2. The van der Waals surface area contributed by atoms with Crippen LogP contribution in [0, 0.1) is 17.1 Å². The molecule has 1 aromatic carbocycles. The van der Waals surface area contributed by atoms with Crippen LogP contribution in [0.5, 0.6) is 0 Å². The Morgan fingerprint density at radius 2 is 2.04 bits per heavy atom. The van der Waals surface area contributed by atoms with Gasteiger partial charge in [-0.25, -0.2) is 9.18 Å². The molecule has 2 aromatic heterocycles. The second-order valence-corrected chi connectivity index (χ2v) is 5.63. The van der Waals surface area contributed by atoms with E-state index in [1.54, 1.807) is 16.8 Å². The van der Waals surface area contributed by atoms with Crippen molar-refractivity contribution < 1.29 is 4.39 Å². The lowest BCUT2D eigenvalue weighted by molar-refractivity contribution is 0.585. The van der Waals surface area contributed by atoms with E-state index in [1.165, 1.54) is 35.1 Å². The van der Waals surface area contributed by atoms with E-state index in [0.717, 1.165) is 12.0 Å². The van der Waals surface area contributed by atoms with Crippen molar-refractivity contribution >= 4 is 0 Å². The molecule has 0 N–H and O–H groups in total. The minimum atomic E-state index is -0.365. The standard InChI is InChI=1S/C17H12FN5O/c18-13-1-3-14(4-2-13)23-17(24)22-15(5-6-16(22)21-23)12-7-11(8-19)9-20-10-12/h1-4,7,9-10,15H,5-6H2/t15-/m0/s1. The molecule has 1 aliphatic rings. The Bertz CT molecular complexity index is 1010. The summed E-state index contributed by atoms with van der Waals surface area (Å²) in [5.41, 5.74) is 1.51. The number of nitrogens with zero attached hydrogens (tertiary/aromatic N) is 5. The molecule has 0 amide bonds. The van der Waals surface area contributed by atoms with Gasteiger partial charge in [-0.05, 0) is 42.3 Å². The Morgan fingerprint density at radius 1 is 1.25 bits per heavy atom. The molecule has 0 saturated heterocycles. The van der Waals surface area contributed by atoms with Crippen molar-refractivity contribution in [2.24, 2.45) is 0 Å². The van der Waals surface area contributed by atoms with Gasteiger partial charge in [0.2, 0.25) is 0 Å². The number of pyridine rings is 1. The first-order chi connectivity index (χ1) is 11.7. The Morgan fingerprint density at radius 3 is 2.79 bits per heavy atom. The average molecular weight is 321 g/mol. The first-order valence-corrected chi connectivity index (χ1v) is 7.49. The summed E-state index contributed by atoms with van der Waals surface area (Å²) in [6.07, 6.45) is 4.55. The van der Waals surface area contributed by atoms with Gasteiger partial charge in [-0.1, -0.05) is 0 Å². The van der Waals surface area contributed by atoms with Gasteiger partial charge in [-0.2, -0.15) is 9.94 Å². The molecule has 0 unspecified atom stereocenters. The third-order valence-electron chi connectivity index (χ3n) is 4.18. The van der Waals surface area contributed by atoms with E-state index >= 15 is 0 Å². The Kier molecular flexibility index (Phi) is 3.24. The fourth-order valence-corrected chi connectivity index (χ4v) is 3.06. The van der Waals surface area contributed by atoms with Gasteiger partial charge in [-0.3, -0.25) is 9.55 Å². The van der Waals surface area contributed by atoms with Gasteiger partial charge in [0.05, 0.1) is 17.3 Å². The summed E-state index contributed by atoms with van der Waals surface area (Å²) < 4.78 is 16.0. The summed E-state index contributed by atoms with van der Waals surface area (Å²) in [4.78, 5) is 16.8. The van der Waals surface area contributed by atoms with E-state index in [1.807, 2.05) is 0 Å². The van der Waals surface area contributed by atoms with Crippen LogP contribution in [0.4, 0.5) is 4.39 Å². The van der Waals surface area contributed by atoms with E-state index in [-0.39, 0.29) is 17.5 Å². The smallest absolute Gasteiger partial charge is 0.271 e. The first-order valence-electron chi connectivity index (χ1n) is 7.49. The fourth-order valence-electron chi connectivity index (χ4n) is 3.06. The van der Waals surface area contributed by atoms with Crippen LogP contribution in [0.1, 0.15) is 29.4 Å². The van der Waals surface area contributed by atoms with Gasteiger partial charge in [0.1, 0.15) is 17.7 Å². The third kappa shape index (κ3) is 2.20. The van der Waals surface area contributed by atoms with Crippen molar-refractivity contribution in [2.45, 2.75) is 18.9 Å².